The molecule has 706 valence electrons. The fourth-order valence-corrected chi connectivity index (χ4v) is 19.7. The van der Waals surface area contributed by atoms with Crippen LogP contribution in [0.25, 0.3) is 0 Å². The molecule has 0 aromatic rings. The lowest BCUT2D eigenvalue weighted by molar-refractivity contribution is -0.182. The number of esters is 12. The Labute approximate surface area is 739 Å². The predicted molar refractivity (Wildman–Crippen MR) is 468 cm³/mol. The Bertz CT molecular complexity index is 3460. The van der Waals surface area contributed by atoms with E-state index in [1.165, 1.54) is 51.4 Å². The molecule has 0 N–H and O–H groups in total. The van der Waals surface area contributed by atoms with Gasteiger partial charge in [-0.15, -0.1) is 0 Å². The van der Waals surface area contributed by atoms with Crippen LogP contribution in [0.5, 0.6) is 0 Å². The lowest BCUT2D eigenvalue weighted by atomic mass is 9.65. The van der Waals surface area contributed by atoms with Gasteiger partial charge in [-0.3, -0.25) is 28.8 Å². The standard InChI is InChI=1S/C22H34O4.C17H28O4.C16H28O4.2C15H26O4.C14H24O4/c1-5-21(3,4)20(24)25-12-17(23)26-22(6-2)11-15-10-16(22)19-14-8-7-13(9-14)18(15)19;1-5-16(3,4)15(19)20-11-14(18)21-17(6-2)10-12-7-8-13(17)9-12;1-5-15(3,4)14(18)19-12-13(17)20-16(6-2)10-8-7-9-11-16;1-5-14(2,3)13(17)18-11-12(16)19-15(4)9-7-6-8-10-15;1-5-14(3,4)13(17)18-11-12(16)19-15(6-2)9-7-8-10-15;1-5-13(2,3)12(16)17-10-11(15)18-14(4)8-6-7-9-14/h13-16,18-19H,5-12H2,1-4H3;12-13H,5-11H2,1-4H3;5-12H2,1-4H3;2*5-11H2,1-4H3;5-10H2,1-4H3. The van der Waals surface area contributed by atoms with E-state index >= 15 is 0 Å². The van der Waals surface area contributed by atoms with Crippen molar-refractivity contribution in [3.05, 3.63) is 0 Å². The Morgan fingerprint density at radius 2 is 0.553 bits per heavy atom. The van der Waals surface area contributed by atoms with Crippen molar-refractivity contribution in [2.45, 2.75) is 437 Å². The Kier molecular flexibility index (Phi) is 40.6. The molecular weight excluding hydrogens is 1570 g/mol. The van der Waals surface area contributed by atoms with Crippen LogP contribution in [0.1, 0.15) is 404 Å². The fraction of sp³-hybridized carbons (Fsp3) is 0.879. The Morgan fingerprint density at radius 1 is 0.276 bits per heavy atom. The van der Waals surface area contributed by atoms with Crippen molar-refractivity contribution in [2.24, 2.45) is 79.8 Å². The minimum atomic E-state index is -0.550. The number of carbonyl (C=O) groups is 12. The van der Waals surface area contributed by atoms with E-state index in [1.807, 2.05) is 138 Å². The number of ether oxygens (including phenoxy) is 12. The third-order valence-electron chi connectivity index (χ3n) is 30.7. The monoisotopic (exact) mass is 1740 g/mol. The van der Waals surface area contributed by atoms with Crippen LogP contribution in [0.3, 0.4) is 0 Å². The molecule has 10 atom stereocenters. The second kappa shape index (κ2) is 46.6. The molecule has 10 fully saturated rings. The van der Waals surface area contributed by atoms with Gasteiger partial charge in [0.15, 0.2) is 39.6 Å². The molecule has 10 unspecified atom stereocenters. The predicted octanol–water partition coefficient (Wildman–Crippen LogP) is 20.8. The van der Waals surface area contributed by atoms with E-state index in [0.717, 1.165) is 177 Å². The number of rotatable bonds is 34. The first-order valence-corrected chi connectivity index (χ1v) is 47.8. The minimum Gasteiger partial charge on any atom is -0.457 e. The van der Waals surface area contributed by atoms with Crippen molar-refractivity contribution >= 4 is 71.6 Å². The van der Waals surface area contributed by atoms with E-state index < -0.39 is 62.3 Å². The molecule has 0 amide bonds. The lowest BCUT2D eigenvalue weighted by Crippen LogP contribution is -2.48. The highest BCUT2D eigenvalue weighted by molar-refractivity contribution is 5.83. The Balaban J connectivity index is 0.000000264. The van der Waals surface area contributed by atoms with Gasteiger partial charge in [0.2, 0.25) is 0 Å². The summed E-state index contributed by atoms with van der Waals surface area (Å²) in [4.78, 5) is 143. The fourth-order valence-electron chi connectivity index (χ4n) is 19.7. The summed E-state index contributed by atoms with van der Waals surface area (Å²) < 4.78 is 64.4. The molecule has 24 heteroatoms. The Hall–Kier alpha value is -6.36. The van der Waals surface area contributed by atoms with Crippen LogP contribution in [0.4, 0.5) is 0 Å². The number of hydrogen-bond acceptors (Lipinski definition) is 24. The quantitative estimate of drug-likeness (QED) is 0.0328. The molecule has 10 saturated carbocycles. The molecule has 0 spiro atoms. The summed E-state index contributed by atoms with van der Waals surface area (Å²) in [6, 6.07) is 0. The SMILES string of the molecule is CCC(C)(C)C(=O)OCC(=O)OC1(C)CCCC1.CCC(C)(C)C(=O)OCC(=O)OC1(C)CCCCC1.CCC(C)(C)C(=O)OCC(=O)OC1(CC)CC2CC1C1C3CCC(C3)C21.CCC(C)(C)C(=O)OCC(=O)OC1(CC)CC2CCC1C2.CCC1(OC(=O)COC(=O)C(C)(C)CC)CCCC1.CCC1(OC(=O)COC(=O)C(C)(C)CC)CCCCC1. The second-order valence-electron chi connectivity index (χ2n) is 41.9. The molecule has 0 saturated heterocycles. The third kappa shape index (κ3) is 30.4. The molecular formula is C99H166O24. The van der Waals surface area contributed by atoms with Gasteiger partial charge in [0.05, 0.1) is 32.5 Å². The summed E-state index contributed by atoms with van der Waals surface area (Å²) in [6.07, 6.45) is 37.0. The molecule has 24 nitrogen and oxygen atoms in total. The van der Waals surface area contributed by atoms with E-state index in [9.17, 15) is 57.5 Å². The first kappa shape index (κ1) is 107. The highest BCUT2D eigenvalue weighted by Gasteiger charge is 2.68. The normalized spacial score (nSPS) is 25.8. The maximum atomic E-state index is 12.5. The molecule has 0 aliphatic heterocycles. The van der Waals surface area contributed by atoms with Crippen molar-refractivity contribution in [3.63, 3.8) is 0 Å². The molecule has 6 bridgehead atoms. The van der Waals surface area contributed by atoms with Crippen LogP contribution < -0.4 is 0 Å². The van der Waals surface area contributed by atoms with Crippen molar-refractivity contribution in [1.29, 1.82) is 0 Å². The highest BCUT2D eigenvalue weighted by atomic mass is 16.6. The minimum absolute atomic E-state index is 0.248. The Morgan fingerprint density at radius 3 is 0.837 bits per heavy atom. The van der Waals surface area contributed by atoms with Gasteiger partial charge >= 0.3 is 71.6 Å². The van der Waals surface area contributed by atoms with Gasteiger partial charge in [-0.25, -0.2) is 28.8 Å². The molecule has 123 heavy (non-hydrogen) atoms. The molecule has 0 aromatic heterocycles. The summed E-state index contributed by atoms with van der Waals surface area (Å²) >= 11 is 0. The summed E-state index contributed by atoms with van der Waals surface area (Å²) in [5.74, 6) is 1.46. The maximum absolute atomic E-state index is 12.5. The van der Waals surface area contributed by atoms with Gasteiger partial charge in [-0.05, 0) is 363 Å². The number of hydrogen-bond donors (Lipinski definition) is 0. The van der Waals surface area contributed by atoms with Gasteiger partial charge in [-0.1, -0.05) is 82.1 Å². The van der Waals surface area contributed by atoms with E-state index in [2.05, 4.69) is 13.8 Å². The van der Waals surface area contributed by atoms with Crippen molar-refractivity contribution in [3.8, 4) is 0 Å². The second-order valence-corrected chi connectivity index (χ2v) is 41.9. The number of fused-ring (bicyclic) bond motifs is 11. The van der Waals surface area contributed by atoms with Crippen molar-refractivity contribution < 1.29 is 114 Å². The zero-order valence-electron chi connectivity index (χ0n) is 80.8. The van der Waals surface area contributed by atoms with Gasteiger partial charge in [-0.2, -0.15) is 0 Å². The summed E-state index contributed by atoms with van der Waals surface area (Å²) in [6.45, 7) is 44.0. The van der Waals surface area contributed by atoms with Crippen molar-refractivity contribution in [1.82, 2.24) is 0 Å². The molecule has 0 aromatic carbocycles. The van der Waals surface area contributed by atoms with Gasteiger partial charge < -0.3 is 56.8 Å². The van der Waals surface area contributed by atoms with E-state index in [-0.39, 0.29) is 115 Å². The van der Waals surface area contributed by atoms with Crippen LogP contribution in [0.2, 0.25) is 0 Å². The summed E-state index contributed by atoms with van der Waals surface area (Å²) in [7, 11) is 0. The molecule has 10 aliphatic carbocycles. The van der Waals surface area contributed by atoms with Crippen LogP contribution >= 0.6 is 0 Å². The van der Waals surface area contributed by atoms with E-state index in [4.69, 9.17) is 56.8 Å². The van der Waals surface area contributed by atoms with Crippen LogP contribution in [0.15, 0.2) is 0 Å². The van der Waals surface area contributed by atoms with Gasteiger partial charge in [0.25, 0.3) is 0 Å². The van der Waals surface area contributed by atoms with E-state index in [1.54, 1.807) is 13.8 Å². The van der Waals surface area contributed by atoms with Crippen LogP contribution in [-0.2, 0) is 114 Å². The molecule has 10 rings (SSSR count). The average Bonchev–Trinajstić information content (AvgIpc) is 1.53. The van der Waals surface area contributed by atoms with Gasteiger partial charge in [0, 0.05) is 5.92 Å². The summed E-state index contributed by atoms with van der Waals surface area (Å²) in [5, 5.41) is 0. The molecule has 0 radical (unpaired) electrons. The van der Waals surface area contributed by atoms with Crippen LogP contribution in [0, 0.1) is 79.8 Å². The zero-order chi connectivity index (χ0) is 92.4. The lowest BCUT2D eigenvalue weighted by Gasteiger charge is -2.45. The zero-order valence-corrected chi connectivity index (χ0v) is 80.8. The third-order valence-corrected chi connectivity index (χ3v) is 30.7. The first-order chi connectivity index (χ1) is 57.4. The average molecular weight is 1740 g/mol. The largest absolute Gasteiger partial charge is 0.457 e. The molecule has 0 heterocycles. The maximum Gasteiger partial charge on any atom is 0.344 e. The topological polar surface area (TPSA) is 316 Å². The summed E-state index contributed by atoms with van der Waals surface area (Å²) in [5.41, 5.74) is -5.26. The number of carbonyl (C=O) groups excluding carboxylic acids is 12. The first-order valence-electron chi connectivity index (χ1n) is 47.8. The van der Waals surface area contributed by atoms with Crippen molar-refractivity contribution in [2.75, 3.05) is 39.6 Å². The van der Waals surface area contributed by atoms with Crippen LogP contribution in [-0.4, -0.2) is 145 Å². The highest BCUT2D eigenvalue weighted by Crippen LogP contribution is 2.71. The molecule has 10 aliphatic rings. The van der Waals surface area contributed by atoms with E-state index in [0.29, 0.717) is 56.3 Å². The smallest absolute Gasteiger partial charge is 0.344 e. The van der Waals surface area contributed by atoms with Gasteiger partial charge in [0.1, 0.15) is 33.6 Å².